The van der Waals surface area contributed by atoms with Crippen molar-refractivity contribution in [3.05, 3.63) is 11.6 Å². The second kappa shape index (κ2) is 2.51. The van der Waals surface area contributed by atoms with E-state index in [0.717, 1.165) is 0 Å². The van der Waals surface area contributed by atoms with E-state index in [1.54, 1.807) is 11.3 Å². The lowest BCUT2D eigenvalue weighted by molar-refractivity contribution is 1.25. The van der Waals surface area contributed by atoms with Gasteiger partial charge in [0, 0.05) is 11.6 Å². The first-order chi connectivity index (χ1) is 3.80. The van der Waals surface area contributed by atoms with Crippen LogP contribution in [0.25, 0.3) is 0 Å². The minimum atomic E-state index is 0.0489. The molecule has 1 nitrogen and oxygen atoms in total. The lowest BCUT2D eigenvalue weighted by Gasteiger charge is -2.00. The average Bonchev–Trinajstić information content (AvgIpc) is 2.12. The number of hydrogen-bond acceptors (Lipinski definition) is 2. The molecule has 1 heterocycles. The van der Waals surface area contributed by atoms with Crippen LogP contribution in [-0.2, 0) is 0 Å². The molecule has 0 aliphatic carbocycles. The maximum atomic E-state index is 4.16. The summed E-state index contributed by atoms with van der Waals surface area (Å²) in [6, 6.07) is 0. The van der Waals surface area contributed by atoms with E-state index < -0.39 is 0 Å². The quantitative estimate of drug-likeness (QED) is 0.597. The number of nitrogens with zero attached hydrogens (tertiary/aromatic N) is 1. The number of thiol groups is 1. The molecule has 1 rings (SSSR count). The summed E-state index contributed by atoms with van der Waals surface area (Å²) >= 11 is 1.75. The second-order valence-electron chi connectivity index (χ2n) is 1.71. The van der Waals surface area contributed by atoms with Gasteiger partial charge in [-0.3, -0.25) is 0 Å². The van der Waals surface area contributed by atoms with Crippen LogP contribution in [0.5, 0.6) is 0 Å². The van der Waals surface area contributed by atoms with E-state index in [4.69, 9.17) is 0 Å². The summed E-state index contributed by atoms with van der Waals surface area (Å²) in [7, 11) is 0.0489. The number of rotatable bonds is 1. The zero-order chi connectivity index (χ0) is 5.98. The first-order valence-electron chi connectivity index (χ1n) is 2.37. The summed E-state index contributed by atoms with van der Waals surface area (Å²) in [5.41, 5.74) is 0. The molecule has 1 aromatic heterocycles. The van der Waals surface area contributed by atoms with Crippen LogP contribution in [-0.4, -0.2) is 17.5 Å². The summed E-state index contributed by atoms with van der Waals surface area (Å²) in [6.07, 6.45) is 6.30. The fraction of sp³-hybridized carbons (Fsp3) is 0.400. The van der Waals surface area contributed by atoms with Crippen LogP contribution in [0.3, 0.4) is 0 Å². The SMILES string of the molecule is C[SH](C)c1nccs1. The molecule has 1 aromatic rings. The zero-order valence-corrected chi connectivity index (χ0v) is 6.67. The lowest BCUT2D eigenvalue weighted by atomic mass is 11.0. The molecule has 0 fully saturated rings. The first kappa shape index (κ1) is 6.11. The first-order valence-corrected chi connectivity index (χ1v) is 5.49. The monoisotopic (exact) mass is 147 g/mol. The zero-order valence-electron chi connectivity index (χ0n) is 4.96. The van der Waals surface area contributed by atoms with E-state index in [2.05, 4.69) is 17.5 Å². The van der Waals surface area contributed by atoms with E-state index in [1.165, 1.54) is 4.34 Å². The third-order valence-corrected chi connectivity index (χ3v) is 3.67. The predicted molar refractivity (Wildman–Crippen MR) is 41.2 cm³/mol. The maximum absolute atomic E-state index is 4.16. The van der Waals surface area contributed by atoms with Gasteiger partial charge in [0.15, 0.2) is 0 Å². The normalized spacial score (nSPS) is 11.5. The van der Waals surface area contributed by atoms with Crippen LogP contribution in [0.15, 0.2) is 15.9 Å². The lowest BCUT2D eigenvalue weighted by Crippen LogP contribution is -1.71. The molecule has 0 N–H and O–H groups in total. The van der Waals surface area contributed by atoms with E-state index in [-0.39, 0.29) is 10.9 Å². The van der Waals surface area contributed by atoms with E-state index in [0.29, 0.717) is 0 Å². The topological polar surface area (TPSA) is 12.9 Å². The van der Waals surface area contributed by atoms with Crippen molar-refractivity contribution in [2.45, 2.75) is 4.34 Å². The summed E-state index contributed by atoms with van der Waals surface area (Å²) in [5.74, 6) is 0. The second-order valence-corrected chi connectivity index (χ2v) is 5.12. The molecule has 0 atom stereocenters. The largest absolute Gasteiger partial charge is 0.240 e. The highest BCUT2D eigenvalue weighted by Gasteiger charge is 1.93. The van der Waals surface area contributed by atoms with Crippen LogP contribution in [0, 0.1) is 0 Å². The van der Waals surface area contributed by atoms with Crippen LogP contribution in [0.4, 0.5) is 0 Å². The van der Waals surface area contributed by atoms with E-state index in [9.17, 15) is 0 Å². The van der Waals surface area contributed by atoms with Crippen molar-refractivity contribution in [2.75, 3.05) is 12.5 Å². The number of aromatic nitrogens is 1. The van der Waals surface area contributed by atoms with Gasteiger partial charge >= 0.3 is 0 Å². The Morgan fingerprint density at radius 2 is 2.38 bits per heavy atom. The number of hydrogen-bond donors (Lipinski definition) is 1. The highest BCUT2D eigenvalue weighted by Crippen LogP contribution is 2.29. The molecule has 0 aromatic carbocycles. The smallest absolute Gasteiger partial charge is 0.129 e. The molecule has 8 heavy (non-hydrogen) atoms. The summed E-state index contributed by atoms with van der Waals surface area (Å²) in [6.45, 7) is 0. The highest BCUT2D eigenvalue weighted by atomic mass is 32.2. The van der Waals surface area contributed by atoms with E-state index >= 15 is 0 Å². The predicted octanol–water partition coefficient (Wildman–Crippen LogP) is 1.76. The van der Waals surface area contributed by atoms with Gasteiger partial charge in [-0.25, -0.2) is 15.9 Å². The third kappa shape index (κ3) is 1.23. The molecule has 0 aliphatic rings. The van der Waals surface area contributed by atoms with Crippen molar-refractivity contribution in [1.82, 2.24) is 4.98 Å². The Labute approximate surface area is 56.1 Å². The molecule has 0 amide bonds. The molecule has 0 saturated heterocycles. The van der Waals surface area contributed by atoms with Crippen molar-refractivity contribution < 1.29 is 0 Å². The van der Waals surface area contributed by atoms with Gasteiger partial charge in [-0.15, -0.1) is 11.3 Å². The van der Waals surface area contributed by atoms with Gasteiger partial charge in [0.25, 0.3) is 0 Å². The Bertz CT molecular complexity index is 145. The molecule has 0 radical (unpaired) electrons. The molecule has 3 heteroatoms. The fourth-order valence-corrected chi connectivity index (χ4v) is 2.13. The highest BCUT2D eigenvalue weighted by molar-refractivity contribution is 8.17. The van der Waals surface area contributed by atoms with Gasteiger partial charge in [0.2, 0.25) is 0 Å². The minimum absolute atomic E-state index is 0.0489. The Kier molecular flexibility index (Phi) is 1.91. The standard InChI is InChI=1S/C5H9NS2/c1-8(2)5-6-3-4-7-5/h3-4,8H,1-2H3. The molecule has 0 bridgehead atoms. The Morgan fingerprint density at radius 3 is 2.62 bits per heavy atom. The van der Waals surface area contributed by atoms with Crippen LogP contribution in [0.2, 0.25) is 0 Å². The van der Waals surface area contributed by atoms with Gasteiger partial charge in [0.05, 0.1) is 0 Å². The summed E-state index contributed by atoms with van der Waals surface area (Å²) in [5, 5.41) is 2.03. The van der Waals surface area contributed by atoms with E-state index in [1.807, 2.05) is 11.6 Å². The fourth-order valence-electron chi connectivity index (χ4n) is 0.437. The summed E-state index contributed by atoms with van der Waals surface area (Å²) in [4.78, 5) is 4.16. The van der Waals surface area contributed by atoms with Gasteiger partial charge in [-0.05, 0) is 12.5 Å². The average molecular weight is 147 g/mol. The molecule has 0 aliphatic heterocycles. The Morgan fingerprint density at radius 1 is 1.62 bits per heavy atom. The molecule has 0 spiro atoms. The van der Waals surface area contributed by atoms with Crippen molar-refractivity contribution in [1.29, 1.82) is 0 Å². The van der Waals surface area contributed by atoms with Gasteiger partial charge in [0.1, 0.15) is 4.34 Å². The van der Waals surface area contributed by atoms with Crippen molar-refractivity contribution in [3.63, 3.8) is 0 Å². The summed E-state index contributed by atoms with van der Waals surface area (Å²) < 4.78 is 1.29. The molecule has 46 valence electrons. The van der Waals surface area contributed by atoms with Crippen molar-refractivity contribution in [2.24, 2.45) is 0 Å². The minimum Gasteiger partial charge on any atom is -0.240 e. The Hall–Kier alpha value is -0.0200. The van der Waals surface area contributed by atoms with Crippen LogP contribution in [0.1, 0.15) is 0 Å². The molecule has 0 unspecified atom stereocenters. The van der Waals surface area contributed by atoms with Crippen molar-refractivity contribution >= 4 is 22.2 Å². The Balaban J connectivity index is 2.77. The van der Waals surface area contributed by atoms with Gasteiger partial charge in [-0.1, -0.05) is 0 Å². The van der Waals surface area contributed by atoms with Crippen LogP contribution < -0.4 is 0 Å². The maximum Gasteiger partial charge on any atom is 0.129 e. The van der Waals surface area contributed by atoms with Gasteiger partial charge < -0.3 is 0 Å². The molecule has 0 saturated carbocycles. The van der Waals surface area contributed by atoms with Gasteiger partial charge in [-0.2, -0.15) is 0 Å². The third-order valence-electron chi connectivity index (χ3n) is 0.802. The van der Waals surface area contributed by atoms with Crippen LogP contribution >= 0.6 is 22.2 Å². The molecular formula is C5H9NS2. The molecular weight excluding hydrogens is 138 g/mol. The number of thiazole rings is 1. The van der Waals surface area contributed by atoms with Crippen molar-refractivity contribution in [3.8, 4) is 0 Å².